The van der Waals surface area contributed by atoms with Crippen molar-refractivity contribution in [3.8, 4) is 0 Å². The first-order chi connectivity index (χ1) is 12.9. The van der Waals surface area contributed by atoms with E-state index in [1.807, 2.05) is 0 Å². The molecule has 28 heavy (non-hydrogen) atoms. The fourth-order valence-electron chi connectivity index (χ4n) is 3.82. The van der Waals surface area contributed by atoms with Gasteiger partial charge in [0.2, 0.25) is 0 Å². The summed E-state index contributed by atoms with van der Waals surface area (Å²) < 4.78 is 45.1. The Balaban J connectivity index is 1.89. The maximum Gasteiger partial charge on any atom is 0.416 e. The first-order valence-corrected chi connectivity index (χ1v) is 9.42. The minimum absolute atomic E-state index is 0.133. The Morgan fingerprint density at radius 3 is 2.46 bits per heavy atom. The molecule has 0 bridgehead atoms. The summed E-state index contributed by atoms with van der Waals surface area (Å²) in [5.41, 5.74) is -0.0806. The Bertz CT molecular complexity index is 799. The largest absolute Gasteiger partial charge is 0.444 e. The first-order valence-electron chi connectivity index (χ1n) is 9.42. The van der Waals surface area contributed by atoms with Crippen LogP contribution < -0.4 is 0 Å². The Morgan fingerprint density at radius 1 is 1.21 bits per heavy atom. The van der Waals surface area contributed by atoms with Crippen LogP contribution in [0.5, 0.6) is 0 Å². The predicted octanol–water partition coefficient (Wildman–Crippen LogP) is 3.89. The minimum atomic E-state index is -4.49. The third-order valence-corrected chi connectivity index (χ3v) is 5.12. The summed E-state index contributed by atoms with van der Waals surface area (Å²) in [5, 5.41) is 0. The van der Waals surface area contributed by atoms with Gasteiger partial charge in [0.15, 0.2) is 0 Å². The zero-order valence-electron chi connectivity index (χ0n) is 16.5. The molecule has 1 atom stereocenters. The smallest absolute Gasteiger partial charge is 0.416 e. The second-order valence-corrected chi connectivity index (χ2v) is 8.30. The number of fused-ring (bicyclic) bond motifs is 2. The van der Waals surface area contributed by atoms with Crippen LogP contribution >= 0.6 is 0 Å². The van der Waals surface area contributed by atoms with Gasteiger partial charge >= 0.3 is 12.3 Å². The number of alkyl halides is 3. The second kappa shape index (κ2) is 6.97. The van der Waals surface area contributed by atoms with Gasteiger partial charge in [-0.3, -0.25) is 4.79 Å². The molecule has 3 rings (SSSR count). The van der Waals surface area contributed by atoms with E-state index in [1.165, 1.54) is 0 Å². The van der Waals surface area contributed by atoms with Gasteiger partial charge in [-0.05, 0) is 56.9 Å². The lowest BCUT2D eigenvalue weighted by atomic mass is 9.86. The lowest BCUT2D eigenvalue weighted by Crippen LogP contribution is -2.59. The molecule has 0 spiro atoms. The minimum Gasteiger partial charge on any atom is -0.444 e. The molecular formula is C20H25F3N2O3. The summed E-state index contributed by atoms with van der Waals surface area (Å²) in [6.45, 7) is 8.02. The normalized spacial score (nSPS) is 20.0. The number of nitrogens with zero attached hydrogens (tertiary/aromatic N) is 2. The van der Waals surface area contributed by atoms with Crippen LogP contribution in [0, 0.1) is 0 Å². The maximum absolute atomic E-state index is 13.2. The zero-order valence-corrected chi connectivity index (χ0v) is 16.5. The van der Waals surface area contributed by atoms with Crippen LogP contribution in [0.4, 0.5) is 18.0 Å². The topological polar surface area (TPSA) is 49.9 Å². The summed E-state index contributed by atoms with van der Waals surface area (Å²) in [4.78, 5) is 28.5. The average molecular weight is 398 g/mol. The number of carbonyl (C=O) groups is 2. The van der Waals surface area contributed by atoms with Crippen molar-refractivity contribution in [2.75, 3.05) is 19.6 Å². The van der Waals surface area contributed by atoms with Crippen LogP contribution in [0.15, 0.2) is 12.1 Å². The van der Waals surface area contributed by atoms with Crippen LogP contribution in [0.2, 0.25) is 0 Å². The number of hydrogen-bond acceptors (Lipinski definition) is 3. The van der Waals surface area contributed by atoms with Crippen molar-refractivity contribution >= 4 is 12.0 Å². The molecule has 8 heteroatoms. The lowest BCUT2D eigenvalue weighted by molar-refractivity contribution is -0.137. The number of aryl methyl sites for hydroxylation is 1. The molecule has 0 N–H and O–H groups in total. The summed E-state index contributed by atoms with van der Waals surface area (Å²) >= 11 is 0. The second-order valence-electron chi connectivity index (χ2n) is 8.30. The molecule has 2 aliphatic heterocycles. The van der Waals surface area contributed by atoms with E-state index >= 15 is 0 Å². The van der Waals surface area contributed by atoms with Crippen molar-refractivity contribution in [2.24, 2.45) is 0 Å². The van der Waals surface area contributed by atoms with E-state index in [-0.39, 0.29) is 18.2 Å². The van der Waals surface area contributed by atoms with Crippen molar-refractivity contribution in [3.63, 3.8) is 0 Å². The highest BCUT2D eigenvalue weighted by Gasteiger charge is 2.41. The number of amides is 2. The van der Waals surface area contributed by atoms with Crippen LogP contribution in [0.3, 0.4) is 0 Å². The molecule has 1 unspecified atom stereocenters. The molecule has 0 saturated carbocycles. The van der Waals surface area contributed by atoms with E-state index < -0.39 is 29.3 Å². The molecule has 1 aromatic rings. The quantitative estimate of drug-likeness (QED) is 0.721. The SMILES string of the molecule is CCc1cc(C(F)(F)F)cc2c1CC1CN(C(=O)OC(C)(C)C)CCN1C2=O. The number of carbonyl (C=O) groups excluding carboxylic acids is 2. The van der Waals surface area contributed by atoms with E-state index in [1.54, 1.807) is 37.5 Å². The molecule has 154 valence electrons. The van der Waals surface area contributed by atoms with E-state index in [4.69, 9.17) is 4.74 Å². The van der Waals surface area contributed by atoms with Crippen LogP contribution in [-0.4, -0.2) is 53.1 Å². The number of piperazine rings is 1. The molecule has 1 fully saturated rings. The number of hydrogen-bond donors (Lipinski definition) is 0. The maximum atomic E-state index is 13.2. The van der Waals surface area contributed by atoms with Crippen LogP contribution in [-0.2, 0) is 23.8 Å². The average Bonchev–Trinajstić information content (AvgIpc) is 2.58. The van der Waals surface area contributed by atoms with E-state index in [0.29, 0.717) is 37.1 Å². The van der Waals surface area contributed by atoms with Crippen molar-refractivity contribution < 1.29 is 27.5 Å². The molecular weight excluding hydrogens is 373 g/mol. The van der Waals surface area contributed by atoms with Gasteiger partial charge < -0.3 is 14.5 Å². The zero-order chi connectivity index (χ0) is 20.9. The fraction of sp³-hybridized carbons (Fsp3) is 0.600. The van der Waals surface area contributed by atoms with Gasteiger partial charge in [-0.1, -0.05) is 6.92 Å². The molecule has 2 heterocycles. The van der Waals surface area contributed by atoms with Gasteiger partial charge in [0.05, 0.1) is 11.6 Å². The Labute approximate surface area is 162 Å². The van der Waals surface area contributed by atoms with Crippen molar-refractivity contribution in [3.05, 3.63) is 34.4 Å². The van der Waals surface area contributed by atoms with Gasteiger partial charge in [0.25, 0.3) is 5.91 Å². The standard InChI is InChI=1S/C20H25F3N2O3/c1-5-12-8-13(20(21,22)23)9-16-15(12)10-14-11-24(6-7-25(14)17(16)26)18(27)28-19(2,3)4/h8-9,14H,5-7,10-11H2,1-4H3. The van der Waals surface area contributed by atoms with Crippen molar-refractivity contribution in [1.82, 2.24) is 9.80 Å². The van der Waals surface area contributed by atoms with Crippen molar-refractivity contribution in [2.45, 2.75) is 58.4 Å². The van der Waals surface area contributed by atoms with Crippen LogP contribution in [0.1, 0.15) is 54.7 Å². The molecule has 0 aliphatic carbocycles. The fourth-order valence-corrected chi connectivity index (χ4v) is 3.82. The summed E-state index contributed by atoms with van der Waals surface area (Å²) in [6.07, 6.45) is -4.09. The highest BCUT2D eigenvalue weighted by atomic mass is 19.4. The Hall–Kier alpha value is -2.25. The molecule has 5 nitrogen and oxygen atoms in total. The van der Waals surface area contributed by atoms with Crippen molar-refractivity contribution in [1.29, 1.82) is 0 Å². The molecule has 1 saturated heterocycles. The molecule has 2 amide bonds. The Kier molecular flexibility index (Phi) is 5.10. The first kappa shape index (κ1) is 20.5. The lowest BCUT2D eigenvalue weighted by Gasteiger charge is -2.44. The van der Waals surface area contributed by atoms with E-state index in [2.05, 4.69) is 0 Å². The summed E-state index contributed by atoms with van der Waals surface area (Å²) in [5.74, 6) is -0.393. The van der Waals surface area contributed by atoms with Gasteiger partial charge in [0, 0.05) is 25.2 Å². The van der Waals surface area contributed by atoms with Crippen LogP contribution in [0.25, 0.3) is 0 Å². The van der Waals surface area contributed by atoms with Gasteiger partial charge in [0.1, 0.15) is 5.60 Å². The molecule has 0 aromatic heterocycles. The Morgan fingerprint density at radius 2 is 1.89 bits per heavy atom. The molecule has 0 radical (unpaired) electrons. The van der Waals surface area contributed by atoms with E-state index in [9.17, 15) is 22.8 Å². The number of ether oxygens (including phenoxy) is 1. The highest BCUT2D eigenvalue weighted by molar-refractivity contribution is 5.98. The van der Waals surface area contributed by atoms with Gasteiger partial charge in [-0.25, -0.2) is 4.79 Å². The van der Waals surface area contributed by atoms with E-state index in [0.717, 1.165) is 12.1 Å². The van der Waals surface area contributed by atoms with Gasteiger partial charge in [-0.2, -0.15) is 13.2 Å². The predicted molar refractivity (Wildman–Crippen MR) is 97.2 cm³/mol. The third-order valence-electron chi connectivity index (χ3n) is 5.12. The summed E-state index contributed by atoms with van der Waals surface area (Å²) in [6, 6.07) is 1.84. The highest BCUT2D eigenvalue weighted by Crippen LogP contribution is 2.36. The molecule has 1 aromatic carbocycles. The molecule has 2 aliphatic rings. The third kappa shape index (κ3) is 3.95. The number of rotatable bonds is 1. The number of halogens is 3. The van der Waals surface area contributed by atoms with Gasteiger partial charge in [-0.15, -0.1) is 0 Å². The summed E-state index contributed by atoms with van der Waals surface area (Å²) in [7, 11) is 0. The monoisotopic (exact) mass is 398 g/mol. The number of benzene rings is 1.